The van der Waals surface area contributed by atoms with E-state index in [0.717, 1.165) is 19.7 Å². The lowest BCUT2D eigenvalue weighted by atomic mass is 10.0. The summed E-state index contributed by atoms with van der Waals surface area (Å²) in [5, 5.41) is 0. The van der Waals surface area contributed by atoms with Crippen LogP contribution in [0.1, 0.15) is 41.1 Å². The zero-order valence-corrected chi connectivity index (χ0v) is 13.1. The highest BCUT2D eigenvalue weighted by Gasteiger charge is 2.25. The van der Waals surface area contributed by atoms with Crippen LogP contribution >= 0.6 is 11.3 Å². The van der Waals surface area contributed by atoms with Crippen LogP contribution in [0.15, 0.2) is 6.07 Å². The van der Waals surface area contributed by atoms with Crippen LogP contribution in [0, 0.1) is 13.8 Å². The number of hydrogen-bond donors (Lipinski definition) is 1. The van der Waals surface area contributed by atoms with E-state index in [-0.39, 0.29) is 0 Å². The molecule has 19 heavy (non-hydrogen) atoms. The highest BCUT2D eigenvalue weighted by molar-refractivity contribution is 7.12. The first-order valence-electron chi connectivity index (χ1n) is 7.28. The number of rotatable bonds is 6. The number of aryl methyl sites for hydroxylation is 2. The van der Waals surface area contributed by atoms with E-state index in [2.05, 4.69) is 31.7 Å². The second-order valence-electron chi connectivity index (χ2n) is 5.34. The fraction of sp³-hybridized carbons (Fsp3) is 0.733. The third-order valence-electron chi connectivity index (χ3n) is 3.97. The van der Waals surface area contributed by atoms with Gasteiger partial charge in [0.25, 0.3) is 0 Å². The summed E-state index contributed by atoms with van der Waals surface area (Å²) < 4.78 is 5.77. The van der Waals surface area contributed by atoms with Crippen molar-refractivity contribution in [1.82, 2.24) is 4.90 Å². The summed E-state index contributed by atoms with van der Waals surface area (Å²) in [6.45, 7) is 10.2. The Morgan fingerprint density at radius 2 is 2.32 bits per heavy atom. The molecule has 0 spiro atoms. The van der Waals surface area contributed by atoms with Gasteiger partial charge in [-0.15, -0.1) is 11.3 Å². The van der Waals surface area contributed by atoms with Crippen LogP contribution in [0.5, 0.6) is 0 Å². The molecule has 1 saturated heterocycles. The van der Waals surface area contributed by atoms with Gasteiger partial charge in [-0.1, -0.05) is 6.92 Å². The molecule has 0 aromatic carbocycles. The molecule has 1 aliphatic heterocycles. The maximum Gasteiger partial charge on any atom is 0.0703 e. The van der Waals surface area contributed by atoms with E-state index in [1.807, 2.05) is 11.3 Å². The lowest BCUT2D eigenvalue weighted by Gasteiger charge is -2.32. The molecule has 2 N–H and O–H groups in total. The Balaban J connectivity index is 2.11. The zero-order valence-electron chi connectivity index (χ0n) is 12.3. The van der Waals surface area contributed by atoms with Crippen molar-refractivity contribution < 1.29 is 4.74 Å². The lowest BCUT2D eigenvalue weighted by molar-refractivity contribution is 0.0601. The smallest absolute Gasteiger partial charge is 0.0703 e. The van der Waals surface area contributed by atoms with Crippen LogP contribution in [-0.2, 0) is 4.74 Å². The Bertz CT molecular complexity index is 399. The molecule has 2 unspecified atom stereocenters. The minimum Gasteiger partial charge on any atom is -0.377 e. The molecule has 1 aromatic heterocycles. The lowest BCUT2D eigenvalue weighted by Crippen LogP contribution is -2.38. The van der Waals surface area contributed by atoms with Gasteiger partial charge in [-0.05, 0) is 44.9 Å². The fourth-order valence-corrected chi connectivity index (χ4v) is 3.96. The highest BCUT2D eigenvalue weighted by Crippen LogP contribution is 2.30. The topological polar surface area (TPSA) is 38.5 Å². The van der Waals surface area contributed by atoms with Crippen LogP contribution in [-0.4, -0.2) is 37.2 Å². The van der Waals surface area contributed by atoms with Gasteiger partial charge >= 0.3 is 0 Å². The van der Waals surface area contributed by atoms with Crippen molar-refractivity contribution in [2.75, 3.05) is 26.2 Å². The van der Waals surface area contributed by atoms with Crippen molar-refractivity contribution >= 4 is 11.3 Å². The van der Waals surface area contributed by atoms with E-state index < -0.39 is 0 Å². The molecule has 1 fully saturated rings. The highest BCUT2D eigenvalue weighted by atomic mass is 32.1. The Hall–Kier alpha value is -0.420. The van der Waals surface area contributed by atoms with Crippen molar-refractivity contribution in [3.8, 4) is 0 Å². The summed E-state index contributed by atoms with van der Waals surface area (Å²) in [6.07, 6.45) is 2.79. The summed E-state index contributed by atoms with van der Waals surface area (Å²) >= 11 is 1.87. The summed E-state index contributed by atoms with van der Waals surface area (Å²) in [4.78, 5) is 5.25. The molecular formula is C15H26N2OS. The quantitative estimate of drug-likeness (QED) is 0.872. The maximum absolute atomic E-state index is 6.06. The Labute approximate surface area is 120 Å². The molecular weight excluding hydrogens is 256 g/mol. The first kappa shape index (κ1) is 15.0. The minimum absolute atomic E-state index is 0.333. The van der Waals surface area contributed by atoms with Crippen LogP contribution in [0.25, 0.3) is 0 Å². The molecule has 0 amide bonds. The average molecular weight is 282 g/mol. The largest absolute Gasteiger partial charge is 0.377 e. The first-order chi connectivity index (χ1) is 9.15. The van der Waals surface area contributed by atoms with Crippen molar-refractivity contribution in [3.05, 3.63) is 21.4 Å². The summed E-state index contributed by atoms with van der Waals surface area (Å²) in [6, 6.07) is 2.63. The predicted molar refractivity (Wildman–Crippen MR) is 81.8 cm³/mol. The van der Waals surface area contributed by atoms with Crippen LogP contribution < -0.4 is 5.73 Å². The van der Waals surface area contributed by atoms with E-state index in [1.54, 1.807) is 0 Å². The SMILES string of the molecule is CCN(CC1CCCO1)C(CN)c1cc(C)sc1C. The number of nitrogens with two attached hydrogens (primary N) is 1. The van der Waals surface area contributed by atoms with Crippen LogP contribution in [0.4, 0.5) is 0 Å². The average Bonchev–Trinajstić information content (AvgIpc) is 2.99. The number of likely N-dealkylation sites (N-methyl/N-ethyl adjacent to an activating group) is 1. The standard InChI is InChI=1S/C15H26N2OS/c1-4-17(10-13-6-5-7-18-13)15(9-16)14-8-11(2)19-12(14)3/h8,13,15H,4-7,9-10,16H2,1-3H3. The van der Waals surface area contributed by atoms with Gasteiger partial charge in [0, 0.05) is 35.5 Å². The van der Waals surface area contributed by atoms with Crippen molar-refractivity contribution in [2.45, 2.75) is 45.8 Å². The molecule has 0 saturated carbocycles. The van der Waals surface area contributed by atoms with E-state index in [1.165, 1.54) is 28.2 Å². The fourth-order valence-electron chi connectivity index (χ4n) is 2.98. The van der Waals surface area contributed by atoms with Crippen LogP contribution in [0.2, 0.25) is 0 Å². The third kappa shape index (κ3) is 3.57. The molecule has 3 nitrogen and oxygen atoms in total. The molecule has 2 heterocycles. The summed E-state index contributed by atoms with van der Waals surface area (Å²) in [7, 11) is 0. The van der Waals surface area contributed by atoms with Gasteiger partial charge < -0.3 is 10.5 Å². The Morgan fingerprint density at radius 1 is 1.53 bits per heavy atom. The van der Waals surface area contributed by atoms with Crippen LogP contribution in [0.3, 0.4) is 0 Å². The summed E-state index contributed by atoms with van der Waals surface area (Å²) in [5.41, 5.74) is 7.46. The number of nitrogens with zero attached hydrogens (tertiary/aromatic N) is 1. The number of hydrogen-bond acceptors (Lipinski definition) is 4. The van der Waals surface area contributed by atoms with Crippen molar-refractivity contribution in [2.24, 2.45) is 5.73 Å². The molecule has 1 aromatic rings. The third-order valence-corrected chi connectivity index (χ3v) is 4.95. The molecule has 108 valence electrons. The molecule has 0 bridgehead atoms. The molecule has 1 aliphatic rings. The maximum atomic E-state index is 6.06. The van der Waals surface area contributed by atoms with Gasteiger partial charge in [0.05, 0.1) is 6.10 Å². The van der Waals surface area contributed by atoms with E-state index in [9.17, 15) is 0 Å². The van der Waals surface area contributed by atoms with Gasteiger partial charge in [0.1, 0.15) is 0 Å². The number of thiophene rings is 1. The minimum atomic E-state index is 0.333. The van der Waals surface area contributed by atoms with E-state index in [4.69, 9.17) is 10.5 Å². The molecule has 2 rings (SSSR count). The van der Waals surface area contributed by atoms with Gasteiger partial charge in [-0.3, -0.25) is 4.90 Å². The first-order valence-corrected chi connectivity index (χ1v) is 8.10. The zero-order chi connectivity index (χ0) is 13.8. The second-order valence-corrected chi connectivity index (χ2v) is 6.80. The van der Waals surface area contributed by atoms with Crippen molar-refractivity contribution in [3.63, 3.8) is 0 Å². The van der Waals surface area contributed by atoms with Gasteiger partial charge in [-0.25, -0.2) is 0 Å². The second kappa shape index (κ2) is 6.84. The molecule has 0 aliphatic carbocycles. The summed E-state index contributed by atoms with van der Waals surface area (Å²) in [5.74, 6) is 0. The molecule has 2 atom stereocenters. The molecule has 0 radical (unpaired) electrons. The number of ether oxygens (including phenoxy) is 1. The predicted octanol–water partition coefficient (Wildman–Crippen LogP) is 2.87. The van der Waals surface area contributed by atoms with E-state index >= 15 is 0 Å². The monoisotopic (exact) mass is 282 g/mol. The Kier molecular flexibility index (Phi) is 5.39. The molecule has 4 heteroatoms. The van der Waals surface area contributed by atoms with Gasteiger partial charge in [-0.2, -0.15) is 0 Å². The van der Waals surface area contributed by atoms with E-state index in [0.29, 0.717) is 18.7 Å². The Morgan fingerprint density at radius 3 is 2.79 bits per heavy atom. The van der Waals surface area contributed by atoms with Gasteiger partial charge in [0.15, 0.2) is 0 Å². The normalized spacial score (nSPS) is 21.2. The van der Waals surface area contributed by atoms with Gasteiger partial charge in [0.2, 0.25) is 0 Å². The van der Waals surface area contributed by atoms with Crippen molar-refractivity contribution in [1.29, 1.82) is 0 Å².